The molecule has 1 heterocycles. The van der Waals surface area contributed by atoms with Crippen LogP contribution in [-0.4, -0.2) is 36.4 Å². The van der Waals surface area contributed by atoms with E-state index in [0.29, 0.717) is 25.2 Å². The molecular weight excluding hydrogens is 449 g/mol. The third-order valence-electron chi connectivity index (χ3n) is 4.89. The molecule has 1 N–H and O–H groups in total. The van der Waals surface area contributed by atoms with E-state index in [9.17, 15) is 18.4 Å². The minimum Gasteiger partial charge on any atom is -0.484 e. The van der Waals surface area contributed by atoms with Crippen LogP contribution in [0.2, 0.25) is 10.0 Å². The predicted molar refractivity (Wildman–Crippen MR) is 114 cm³/mol. The normalized spacial score (nSPS) is 15.8. The number of benzene rings is 2. The molecule has 2 aromatic rings. The van der Waals surface area contributed by atoms with Crippen molar-refractivity contribution in [2.45, 2.75) is 18.8 Å². The lowest BCUT2D eigenvalue weighted by atomic mass is 9.98. The van der Waals surface area contributed by atoms with E-state index in [0.717, 1.165) is 11.6 Å². The Bertz CT molecular complexity index is 1020. The summed E-state index contributed by atoms with van der Waals surface area (Å²) >= 11 is 11.3. The van der Waals surface area contributed by atoms with Crippen LogP contribution in [0.4, 0.5) is 8.78 Å². The van der Waals surface area contributed by atoms with Crippen LogP contribution in [0.3, 0.4) is 0 Å². The Labute approximate surface area is 188 Å². The first kappa shape index (κ1) is 23.0. The summed E-state index contributed by atoms with van der Waals surface area (Å²) in [5, 5.41) is 2.60. The van der Waals surface area contributed by atoms with Crippen molar-refractivity contribution in [3.8, 4) is 5.75 Å². The predicted octanol–water partition coefficient (Wildman–Crippen LogP) is 4.69. The van der Waals surface area contributed by atoms with E-state index >= 15 is 0 Å². The Balaban J connectivity index is 1.43. The SMILES string of the molecule is C=C(CCN1CC(c2ccc(Cl)c(F)c2)CC1=O)NC(=O)COc1ccc(Cl)c(F)c1. The number of carbonyl (C=O) groups is 2. The number of halogens is 4. The molecule has 3 rings (SSSR count). The van der Waals surface area contributed by atoms with E-state index in [-0.39, 0.29) is 40.6 Å². The van der Waals surface area contributed by atoms with Crippen molar-refractivity contribution >= 4 is 35.0 Å². The molecule has 0 aliphatic carbocycles. The largest absolute Gasteiger partial charge is 0.484 e. The number of hydrogen-bond donors (Lipinski definition) is 1. The van der Waals surface area contributed by atoms with Gasteiger partial charge in [0.15, 0.2) is 6.61 Å². The quantitative estimate of drug-likeness (QED) is 0.611. The fourth-order valence-corrected chi connectivity index (χ4v) is 3.49. The van der Waals surface area contributed by atoms with Gasteiger partial charge in [-0.25, -0.2) is 8.78 Å². The van der Waals surface area contributed by atoms with Crippen molar-refractivity contribution in [1.82, 2.24) is 10.2 Å². The lowest BCUT2D eigenvalue weighted by Crippen LogP contribution is -2.31. The molecule has 5 nitrogen and oxygen atoms in total. The fourth-order valence-electron chi connectivity index (χ4n) is 3.26. The summed E-state index contributed by atoms with van der Waals surface area (Å²) in [6, 6.07) is 8.44. The number of ether oxygens (including phenoxy) is 1. The minimum absolute atomic E-state index is 0.0370. The summed E-state index contributed by atoms with van der Waals surface area (Å²) in [7, 11) is 0. The van der Waals surface area contributed by atoms with Crippen LogP contribution in [0.5, 0.6) is 5.75 Å². The van der Waals surface area contributed by atoms with Gasteiger partial charge in [-0.2, -0.15) is 0 Å². The summed E-state index contributed by atoms with van der Waals surface area (Å²) in [5.74, 6) is -1.59. The third-order valence-corrected chi connectivity index (χ3v) is 5.50. The Morgan fingerprint density at radius 2 is 1.84 bits per heavy atom. The second-order valence-electron chi connectivity index (χ2n) is 7.18. The Kier molecular flexibility index (Phi) is 7.51. The first-order valence-corrected chi connectivity index (χ1v) is 10.3. The van der Waals surface area contributed by atoms with Crippen LogP contribution in [0.25, 0.3) is 0 Å². The molecule has 1 unspecified atom stereocenters. The zero-order chi connectivity index (χ0) is 22.5. The molecule has 0 aromatic heterocycles. The summed E-state index contributed by atoms with van der Waals surface area (Å²) in [4.78, 5) is 25.9. The van der Waals surface area contributed by atoms with Crippen LogP contribution in [-0.2, 0) is 9.59 Å². The highest BCUT2D eigenvalue weighted by atomic mass is 35.5. The Morgan fingerprint density at radius 1 is 1.16 bits per heavy atom. The van der Waals surface area contributed by atoms with Crippen LogP contribution >= 0.6 is 23.2 Å². The van der Waals surface area contributed by atoms with Crippen molar-refractivity contribution in [3.05, 3.63) is 75.9 Å². The maximum absolute atomic E-state index is 13.7. The van der Waals surface area contributed by atoms with Crippen molar-refractivity contribution in [1.29, 1.82) is 0 Å². The summed E-state index contributed by atoms with van der Waals surface area (Å²) in [6.07, 6.45) is 0.639. The van der Waals surface area contributed by atoms with E-state index in [1.54, 1.807) is 11.0 Å². The van der Waals surface area contributed by atoms with Gasteiger partial charge in [0.25, 0.3) is 5.91 Å². The number of rotatable bonds is 8. The number of likely N-dealkylation sites (tertiary alicyclic amines) is 1. The highest BCUT2D eigenvalue weighted by molar-refractivity contribution is 6.31. The van der Waals surface area contributed by atoms with Gasteiger partial charge in [0, 0.05) is 43.6 Å². The van der Waals surface area contributed by atoms with Gasteiger partial charge < -0.3 is 15.0 Å². The van der Waals surface area contributed by atoms with E-state index < -0.39 is 17.5 Å². The van der Waals surface area contributed by atoms with E-state index in [4.69, 9.17) is 27.9 Å². The smallest absolute Gasteiger partial charge is 0.262 e. The number of nitrogens with zero attached hydrogens (tertiary/aromatic N) is 1. The standard InChI is InChI=1S/C22H20Cl2F2N2O3/c1-13(27-21(29)12-31-16-3-5-18(24)20(26)10-16)6-7-28-11-15(9-22(28)30)14-2-4-17(23)19(25)8-14/h2-5,8,10,15H,1,6-7,9,11-12H2,(H,27,29). The number of amides is 2. The molecule has 1 atom stereocenters. The van der Waals surface area contributed by atoms with Crippen molar-refractivity contribution in [2.24, 2.45) is 0 Å². The Hall–Kier alpha value is -2.64. The summed E-state index contributed by atoms with van der Waals surface area (Å²) in [6.45, 7) is 4.29. The van der Waals surface area contributed by atoms with Gasteiger partial charge in [0.1, 0.15) is 17.4 Å². The van der Waals surface area contributed by atoms with Crippen LogP contribution < -0.4 is 10.1 Å². The molecular formula is C22H20Cl2F2N2O3. The molecule has 0 spiro atoms. The van der Waals surface area contributed by atoms with Gasteiger partial charge in [-0.3, -0.25) is 9.59 Å². The van der Waals surface area contributed by atoms with Gasteiger partial charge in [-0.1, -0.05) is 35.8 Å². The monoisotopic (exact) mass is 468 g/mol. The van der Waals surface area contributed by atoms with Crippen molar-refractivity contribution in [2.75, 3.05) is 19.7 Å². The maximum atomic E-state index is 13.7. The average Bonchev–Trinajstić information content (AvgIpc) is 3.10. The van der Waals surface area contributed by atoms with Crippen molar-refractivity contribution in [3.63, 3.8) is 0 Å². The van der Waals surface area contributed by atoms with E-state index in [2.05, 4.69) is 11.9 Å². The highest BCUT2D eigenvalue weighted by Gasteiger charge is 2.30. The topological polar surface area (TPSA) is 58.6 Å². The Morgan fingerprint density at radius 3 is 2.52 bits per heavy atom. The molecule has 2 aromatic carbocycles. The van der Waals surface area contributed by atoms with Gasteiger partial charge >= 0.3 is 0 Å². The summed E-state index contributed by atoms with van der Waals surface area (Å²) in [5.41, 5.74) is 1.14. The molecule has 1 saturated heterocycles. The molecule has 0 saturated carbocycles. The average molecular weight is 469 g/mol. The molecule has 1 aliphatic rings. The van der Waals surface area contributed by atoms with Gasteiger partial charge in [0.05, 0.1) is 10.0 Å². The van der Waals surface area contributed by atoms with Gasteiger partial charge in [-0.05, 0) is 29.8 Å². The third kappa shape index (κ3) is 6.18. The molecule has 1 fully saturated rings. The van der Waals surface area contributed by atoms with Gasteiger partial charge in [0.2, 0.25) is 5.91 Å². The zero-order valence-corrected chi connectivity index (χ0v) is 18.0. The van der Waals surface area contributed by atoms with E-state index in [1.165, 1.54) is 24.3 Å². The second kappa shape index (κ2) is 10.1. The van der Waals surface area contributed by atoms with Crippen LogP contribution in [0.1, 0.15) is 24.3 Å². The molecule has 0 bridgehead atoms. The first-order valence-electron chi connectivity index (χ1n) is 9.51. The number of hydrogen-bond acceptors (Lipinski definition) is 3. The lowest BCUT2D eigenvalue weighted by Gasteiger charge is -2.18. The van der Waals surface area contributed by atoms with Gasteiger partial charge in [-0.15, -0.1) is 0 Å². The summed E-state index contributed by atoms with van der Waals surface area (Å²) < 4.78 is 32.3. The first-order chi connectivity index (χ1) is 14.7. The fraction of sp³-hybridized carbons (Fsp3) is 0.273. The van der Waals surface area contributed by atoms with Crippen molar-refractivity contribution < 1.29 is 23.1 Å². The van der Waals surface area contributed by atoms with Crippen LogP contribution in [0.15, 0.2) is 48.7 Å². The zero-order valence-electron chi connectivity index (χ0n) is 16.5. The molecule has 31 heavy (non-hydrogen) atoms. The minimum atomic E-state index is -0.640. The van der Waals surface area contributed by atoms with E-state index in [1.807, 2.05) is 0 Å². The number of nitrogens with one attached hydrogen (secondary N) is 1. The maximum Gasteiger partial charge on any atom is 0.262 e. The highest BCUT2D eigenvalue weighted by Crippen LogP contribution is 2.30. The molecule has 9 heteroatoms. The van der Waals surface area contributed by atoms with Crippen LogP contribution in [0, 0.1) is 11.6 Å². The molecule has 164 valence electrons. The molecule has 1 aliphatic heterocycles. The molecule has 2 amide bonds. The lowest BCUT2D eigenvalue weighted by molar-refractivity contribution is -0.127. The number of carbonyl (C=O) groups excluding carboxylic acids is 2. The molecule has 0 radical (unpaired) electrons. The second-order valence-corrected chi connectivity index (χ2v) is 8.00.